The largest absolute Gasteiger partial charge is 0.455 e. The second kappa shape index (κ2) is 25.7. The number of furan rings is 2. The van der Waals surface area contributed by atoms with E-state index >= 15 is 0 Å². The van der Waals surface area contributed by atoms with Gasteiger partial charge >= 0.3 is 0 Å². The Hall–Kier alpha value is -12.8. The fraction of sp³-hybridized carbons (Fsp3) is 0.104. The molecule has 0 fully saturated rings. The zero-order valence-corrected chi connectivity index (χ0v) is 59.0. The van der Waals surface area contributed by atoms with Crippen LogP contribution in [0.5, 0.6) is 0 Å². The molecule has 4 heterocycles. The fourth-order valence-electron chi connectivity index (χ4n) is 15.4. The standard InChI is InChI=1S/C96H72N6O2/c1-57-48-58(2)52-68(51-57)63-32-36-66(37-33-63)90-98-93(102-95(99-90)85-27-17-25-81-79-23-13-15-29-87(79)104-89(81)85)83-47-45-73(75-19-9-11-21-77(75)83)70-54-60(4)50-62(56-70)31-30-61-49-59(3)53-69(55-61)64-34-38-67(39-35-64)91-97-92(101-94(100-91)84-26-16-24-80-78-22-12-14-28-86(78)103-88(80)84)82-46-44-72(74-18-8-10-20-76(74)82)65-40-42-71(43-41-65)96(5,6)7/h8-29,32-56H,30-31H2,1-7H3. The van der Waals surface area contributed by atoms with Crippen molar-refractivity contribution in [2.45, 2.75) is 66.7 Å². The normalized spacial score (nSPS) is 11.9. The quantitative estimate of drug-likeness (QED) is 0.112. The van der Waals surface area contributed by atoms with Gasteiger partial charge in [0.1, 0.15) is 22.3 Å². The maximum Gasteiger partial charge on any atom is 0.167 e. The molecule has 0 aliphatic heterocycles. The molecule has 0 unspecified atom stereocenters. The summed E-state index contributed by atoms with van der Waals surface area (Å²) in [7, 11) is 0. The van der Waals surface area contributed by atoms with E-state index in [1.165, 1.54) is 50.1 Å². The van der Waals surface area contributed by atoms with Crippen molar-refractivity contribution in [2.75, 3.05) is 0 Å². The van der Waals surface area contributed by atoms with E-state index in [4.69, 9.17) is 38.7 Å². The van der Waals surface area contributed by atoms with Crippen LogP contribution in [0.3, 0.4) is 0 Å². The molecule has 0 N–H and O–H groups in total. The molecule has 14 aromatic carbocycles. The predicted molar refractivity (Wildman–Crippen MR) is 429 cm³/mol. The van der Waals surface area contributed by atoms with Crippen LogP contribution in [0.4, 0.5) is 0 Å². The Balaban J connectivity index is 0.655. The van der Waals surface area contributed by atoms with E-state index in [1.807, 2.05) is 36.4 Å². The molecule has 0 radical (unpaired) electrons. The highest BCUT2D eigenvalue weighted by atomic mass is 16.3. The average Bonchev–Trinajstić information content (AvgIpc) is 1.43. The lowest BCUT2D eigenvalue weighted by molar-refractivity contribution is 0.590. The molecule has 0 aliphatic rings. The molecule has 0 bridgehead atoms. The van der Waals surface area contributed by atoms with Crippen molar-refractivity contribution in [3.63, 3.8) is 0 Å². The lowest BCUT2D eigenvalue weighted by atomic mass is 9.85. The van der Waals surface area contributed by atoms with E-state index in [2.05, 4.69) is 297 Å². The molecule has 104 heavy (non-hydrogen) atoms. The summed E-state index contributed by atoms with van der Waals surface area (Å²) in [6.07, 6.45) is 1.73. The topological polar surface area (TPSA) is 104 Å². The van der Waals surface area contributed by atoms with Crippen LogP contribution in [0.15, 0.2) is 294 Å². The summed E-state index contributed by atoms with van der Waals surface area (Å²) in [4.78, 5) is 31.9. The van der Waals surface area contributed by atoms with Gasteiger partial charge in [-0.25, -0.2) is 29.9 Å². The molecule has 0 amide bonds. The number of aryl methyl sites for hydroxylation is 6. The Labute approximate surface area is 604 Å². The van der Waals surface area contributed by atoms with Crippen LogP contribution in [0.2, 0.25) is 0 Å². The van der Waals surface area contributed by atoms with Gasteiger partial charge < -0.3 is 8.83 Å². The zero-order valence-electron chi connectivity index (χ0n) is 59.0. The van der Waals surface area contributed by atoms with Gasteiger partial charge in [-0.15, -0.1) is 0 Å². The van der Waals surface area contributed by atoms with Crippen molar-refractivity contribution >= 4 is 65.4 Å². The molecule has 0 saturated heterocycles. The molecule has 8 heteroatoms. The van der Waals surface area contributed by atoms with E-state index < -0.39 is 0 Å². The van der Waals surface area contributed by atoms with E-state index in [0.29, 0.717) is 34.9 Å². The molecule has 0 saturated carbocycles. The molecule has 18 rings (SSSR count). The monoisotopic (exact) mass is 1340 g/mol. The molecular weight excluding hydrogens is 1270 g/mol. The van der Waals surface area contributed by atoms with E-state index in [-0.39, 0.29) is 5.41 Å². The minimum atomic E-state index is 0.0514. The van der Waals surface area contributed by atoms with Gasteiger partial charge in [-0.3, -0.25) is 0 Å². The van der Waals surface area contributed by atoms with Crippen LogP contribution in [-0.4, -0.2) is 29.9 Å². The van der Waals surface area contributed by atoms with E-state index in [1.54, 1.807) is 0 Å². The minimum absolute atomic E-state index is 0.0514. The molecular formula is C96H72N6O2. The van der Waals surface area contributed by atoms with Crippen molar-refractivity contribution < 1.29 is 8.83 Å². The minimum Gasteiger partial charge on any atom is -0.455 e. The summed E-state index contributed by atoms with van der Waals surface area (Å²) in [5, 5.41) is 8.48. The highest BCUT2D eigenvalue weighted by Crippen LogP contribution is 2.43. The first-order chi connectivity index (χ1) is 50.7. The van der Waals surface area contributed by atoms with E-state index in [9.17, 15) is 0 Å². The molecule has 0 atom stereocenters. The summed E-state index contributed by atoms with van der Waals surface area (Å²) in [6, 6.07) is 102. The van der Waals surface area contributed by atoms with Gasteiger partial charge in [-0.1, -0.05) is 292 Å². The van der Waals surface area contributed by atoms with E-state index in [0.717, 1.165) is 145 Å². The highest BCUT2D eigenvalue weighted by molar-refractivity contribution is 6.11. The maximum absolute atomic E-state index is 6.62. The van der Waals surface area contributed by atoms with Crippen molar-refractivity contribution in [1.82, 2.24) is 29.9 Å². The van der Waals surface area contributed by atoms with Gasteiger partial charge in [0.2, 0.25) is 0 Å². The van der Waals surface area contributed by atoms with Crippen molar-refractivity contribution in [3.8, 4) is 113 Å². The zero-order chi connectivity index (χ0) is 70.3. The van der Waals surface area contributed by atoms with Crippen LogP contribution in [0, 0.1) is 27.7 Å². The van der Waals surface area contributed by atoms with Gasteiger partial charge in [0.25, 0.3) is 0 Å². The molecule has 4 aromatic heterocycles. The van der Waals surface area contributed by atoms with Gasteiger partial charge in [0, 0.05) is 43.8 Å². The summed E-state index contributed by atoms with van der Waals surface area (Å²) in [5.74, 6) is 3.42. The Morgan fingerprint density at radius 3 is 1.02 bits per heavy atom. The number of rotatable bonds is 13. The third-order valence-electron chi connectivity index (χ3n) is 20.4. The maximum atomic E-state index is 6.62. The Morgan fingerprint density at radius 1 is 0.240 bits per heavy atom. The van der Waals surface area contributed by atoms with Crippen LogP contribution in [-0.2, 0) is 18.3 Å². The number of nitrogens with zero attached hydrogens (tertiary/aromatic N) is 6. The molecule has 18 aromatic rings. The third-order valence-corrected chi connectivity index (χ3v) is 20.4. The number of fused-ring (bicyclic) bond motifs is 8. The fourth-order valence-corrected chi connectivity index (χ4v) is 15.4. The molecule has 8 nitrogen and oxygen atoms in total. The number of hydrogen-bond acceptors (Lipinski definition) is 8. The van der Waals surface area contributed by atoms with Crippen molar-refractivity contribution in [1.29, 1.82) is 0 Å². The first-order valence-corrected chi connectivity index (χ1v) is 35.7. The van der Waals surface area contributed by atoms with Crippen molar-refractivity contribution in [3.05, 3.63) is 324 Å². The summed E-state index contributed by atoms with van der Waals surface area (Å²) >= 11 is 0. The molecule has 498 valence electrons. The number of hydrogen-bond donors (Lipinski definition) is 0. The van der Waals surface area contributed by atoms with Crippen LogP contribution < -0.4 is 0 Å². The van der Waals surface area contributed by atoms with Crippen molar-refractivity contribution in [2.24, 2.45) is 0 Å². The smallest absolute Gasteiger partial charge is 0.167 e. The number of aromatic nitrogens is 6. The van der Waals surface area contributed by atoms with Crippen LogP contribution >= 0.6 is 0 Å². The third kappa shape index (κ3) is 11.8. The predicted octanol–water partition coefficient (Wildman–Crippen LogP) is 25.1. The van der Waals surface area contributed by atoms with Gasteiger partial charge in [0.05, 0.1) is 11.1 Å². The Kier molecular flexibility index (Phi) is 15.7. The molecule has 0 spiro atoms. The van der Waals surface area contributed by atoms with Gasteiger partial charge in [0.15, 0.2) is 34.9 Å². The van der Waals surface area contributed by atoms with Gasteiger partial charge in [-0.2, -0.15) is 0 Å². The Morgan fingerprint density at radius 2 is 0.567 bits per heavy atom. The summed E-state index contributed by atoms with van der Waals surface area (Å²) in [5.41, 5.74) is 26.4. The lowest BCUT2D eigenvalue weighted by Crippen LogP contribution is -2.10. The second-order valence-electron chi connectivity index (χ2n) is 28.9. The first-order valence-electron chi connectivity index (χ1n) is 35.7. The lowest BCUT2D eigenvalue weighted by Gasteiger charge is -2.19. The first kappa shape index (κ1) is 63.4. The van der Waals surface area contributed by atoms with Crippen LogP contribution in [0.25, 0.3) is 178 Å². The number of benzene rings is 14. The number of para-hydroxylation sites is 4. The highest BCUT2D eigenvalue weighted by Gasteiger charge is 2.24. The van der Waals surface area contributed by atoms with Crippen LogP contribution in [0.1, 0.15) is 59.7 Å². The second-order valence-corrected chi connectivity index (χ2v) is 28.9. The SMILES string of the molecule is Cc1cc(C)cc(-c2ccc(-c3nc(-c4ccc(-c5cc(C)cc(CCc6cc(C)cc(-c7ccc(-c8nc(-c9ccc(-c%10ccc(C(C)(C)C)cc%10)c%10ccccc9%10)nc(-c9cccc%10c9oc9ccccc9%10)n8)cc7)c6)c5)c5ccccc45)nc(-c4cccc5c4oc4ccccc45)n3)cc2)c1. The Bertz CT molecular complexity index is 6410. The van der Waals surface area contributed by atoms with Gasteiger partial charge in [-0.05, 0) is 165 Å². The molecule has 0 aliphatic carbocycles. The average molecular weight is 1340 g/mol. The summed E-state index contributed by atoms with van der Waals surface area (Å²) in [6.45, 7) is 15.4. The summed E-state index contributed by atoms with van der Waals surface area (Å²) < 4.78 is 13.2.